The second-order valence-electron chi connectivity index (χ2n) is 9.82. The second-order valence-corrected chi connectivity index (χ2v) is 9.82. The summed E-state index contributed by atoms with van der Waals surface area (Å²) in [6.07, 6.45) is 4.29. The topological polar surface area (TPSA) is 92.7 Å². The molecule has 2 aliphatic heterocycles. The van der Waals surface area contributed by atoms with Crippen LogP contribution in [-0.4, -0.2) is 49.7 Å². The van der Waals surface area contributed by atoms with Crippen LogP contribution >= 0.6 is 0 Å². The molecule has 2 unspecified atom stereocenters. The van der Waals surface area contributed by atoms with Crippen molar-refractivity contribution in [3.63, 3.8) is 0 Å². The van der Waals surface area contributed by atoms with Crippen molar-refractivity contribution in [2.24, 2.45) is 5.92 Å². The Bertz CT molecular complexity index is 1400. The first kappa shape index (κ1) is 25.5. The lowest BCUT2D eigenvalue weighted by Crippen LogP contribution is -2.47. The number of methoxy groups -OCH3 is 1. The third-order valence-corrected chi connectivity index (χ3v) is 7.16. The highest BCUT2D eigenvalue weighted by Gasteiger charge is 2.35. The van der Waals surface area contributed by atoms with E-state index >= 15 is 0 Å². The smallest absolute Gasteiger partial charge is 0.251 e. The summed E-state index contributed by atoms with van der Waals surface area (Å²) < 4.78 is 6.93. The van der Waals surface area contributed by atoms with E-state index in [1.165, 1.54) is 6.08 Å². The first-order valence-electron chi connectivity index (χ1n) is 12.9. The van der Waals surface area contributed by atoms with Crippen molar-refractivity contribution in [1.29, 1.82) is 0 Å². The maximum absolute atomic E-state index is 12.9. The van der Waals surface area contributed by atoms with E-state index in [0.717, 1.165) is 36.5 Å². The first-order valence-corrected chi connectivity index (χ1v) is 12.9. The van der Waals surface area contributed by atoms with Crippen molar-refractivity contribution >= 4 is 29.3 Å². The molecule has 1 saturated heterocycles. The van der Waals surface area contributed by atoms with Crippen molar-refractivity contribution in [2.75, 3.05) is 43.6 Å². The summed E-state index contributed by atoms with van der Waals surface area (Å²) in [6, 6.07) is 20.5. The molecule has 2 atom stereocenters. The molecular formula is C30H32N4O4. The van der Waals surface area contributed by atoms with Crippen LogP contribution in [0.2, 0.25) is 0 Å². The van der Waals surface area contributed by atoms with E-state index in [4.69, 9.17) is 4.74 Å². The number of rotatable bonds is 8. The van der Waals surface area contributed by atoms with Gasteiger partial charge in [-0.3, -0.25) is 14.4 Å². The molecule has 3 aromatic rings. The number of nitrogens with one attached hydrogen (secondary N) is 2. The number of pyridine rings is 1. The molecule has 2 N–H and O–H groups in total. The van der Waals surface area contributed by atoms with Gasteiger partial charge in [0.2, 0.25) is 5.91 Å². The van der Waals surface area contributed by atoms with Crippen LogP contribution in [0.3, 0.4) is 0 Å². The molecule has 38 heavy (non-hydrogen) atoms. The van der Waals surface area contributed by atoms with Crippen LogP contribution in [0.5, 0.6) is 0 Å². The van der Waals surface area contributed by atoms with Gasteiger partial charge in [0.25, 0.3) is 11.5 Å². The molecule has 5 rings (SSSR count). The van der Waals surface area contributed by atoms with Gasteiger partial charge >= 0.3 is 0 Å². The first-order chi connectivity index (χ1) is 18.5. The van der Waals surface area contributed by atoms with Gasteiger partial charge in [-0.1, -0.05) is 36.4 Å². The minimum absolute atomic E-state index is 0.0487. The second kappa shape index (κ2) is 11.5. The van der Waals surface area contributed by atoms with Gasteiger partial charge in [0, 0.05) is 62.6 Å². The quantitative estimate of drug-likeness (QED) is 0.356. The van der Waals surface area contributed by atoms with Gasteiger partial charge in [-0.2, -0.15) is 0 Å². The lowest BCUT2D eigenvalue weighted by Gasteiger charge is -2.44. The Morgan fingerprint density at radius 1 is 1.03 bits per heavy atom. The Kier molecular flexibility index (Phi) is 7.70. The molecule has 0 spiro atoms. The molecule has 196 valence electrons. The maximum Gasteiger partial charge on any atom is 0.251 e. The number of carbonyl (C=O) groups excluding carboxylic acids is 2. The van der Waals surface area contributed by atoms with Gasteiger partial charge in [0.1, 0.15) is 0 Å². The summed E-state index contributed by atoms with van der Waals surface area (Å²) in [5.74, 6) is 0.0312. The molecule has 2 aromatic carbocycles. The zero-order valence-corrected chi connectivity index (χ0v) is 21.4. The fraction of sp³-hybridized carbons (Fsp3) is 0.300. The summed E-state index contributed by atoms with van der Waals surface area (Å²) >= 11 is 0. The van der Waals surface area contributed by atoms with Crippen LogP contribution in [0.4, 0.5) is 11.4 Å². The summed E-state index contributed by atoms with van der Waals surface area (Å²) in [6.45, 7) is 2.98. The fourth-order valence-corrected chi connectivity index (χ4v) is 5.43. The van der Waals surface area contributed by atoms with Crippen LogP contribution in [0, 0.1) is 5.92 Å². The zero-order valence-electron chi connectivity index (χ0n) is 21.4. The van der Waals surface area contributed by atoms with Gasteiger partial charge in [-0.25, -0.2) is 0 Å². The Labute approximate surface area is 221 Å². The van der Waals surface area contributed by atoms with Crippen molar-refractivity contribution in [2.45, 2.75) is 18.9 Å². The summed E-state index contributed by atoms with van der Waals surface area (Å²) in [7, 11) is 1.58. The van der Waals surface area contributed by atoms with Crippen LogP contribution in [0.15, 0.2) is 77.6 Å². The minimum atomic E-state index is -0.277. The highest BCUT2D eigenvalue weighted by molar-refractivity contribution is 6.05. The molecule has 0 aliphatic carbocycles. The van der Waals surface area contributed by atoms with Crippen LogP contribution < -0.4 is 21.1 Å². The monoisotopic (exact) mass is 512 g/mol. The highest BCUT2D eigenvalue weighted by atomic mass is 16.5. The molecule has 3 heterocycles. The maximum atomic E-state index is 12.9. The largest absolute Gasteiger partial charge is 0.383 e. The average molecular weight is 513 g/mol. The third-order valence-electron chi connectivity index (χ3n) is 7.16. The Hall–Kier alpha value is -4.17. The number of hydrogen-bond acceptors (Lipinski definition) is 5. The van der Waals surface area contributed by atoms with Crippen molar-refractivity contribution in [3.8, 4) is 0 Å². The van der Waals surface area contributed by atoms with Crippen molar-refractivity contribution in [1.82, 2.24) is 9.88 Å². The minimum Gasteiger partial charge on any atom is -0.383 e. The van der Waals surface area contributed by atoms with E-state index in [0.29, 0.717) is 36.9 Å². The predicted octanol–water partition coefficient (Wildman–Crippen LogP) is 3.50. The summed E-state index contributed by atoms with van der Waals surface area (Å²) in [4.78, 5) is 40.4. The fourth-order valence-electron chi connectivity index (χ4n) is 5.43. The van der Waals surface area contributed by atoms with Gasteiger partial charge in [-0.05, 0) is 48.2 Å². The van der Waals surface area contributed by atoms with E-state index in [2.05, 4.69) is 15.5 Å². The molecule has 2 amide bonds. The van der Waals surface area contributed by atoms with E-state index in [1.54, 1.807) is 31.4 Å². The van der Waals surface area contributed by atoms with Crippen LogP contribution in [-0.2, 0) is 16.1 Å². The molecule has 8 nitrogen and oxygen atoms in total. The highest BCUT2D eigenvalue weighted by Crippen LogP contribution is 2.39. The van der Waals surface area contributed by atoms with Crippen LogP contribution in [0.25, 0.3) is 6.08 Å². The van der Waals surface area contributed by atoms with Gasteiger partial charge in [-0.15, -0.1) is 0 Å². The molecule has 2 aliphatic rings. The third kappa shape index (κ3) is 5.70. The number of carbonyl (C=O) groups is 2. The predicted molar refractivity (Wildman–Crippen MR) is 149 cm³/mol. The van der Waals surface area contributed by atoms with Gasteiger partial charge in [0.05, 0.1) is 18.0 Å². The van der Waals surface area contributed by atoms with E-state index in [9.17, 15) is 14.4 Å². The normalized spacial score (nSPS) is 18.2. The van der Waals surface area contributed by atoms with Gasteiger partial charge in [0.15, 0.2) is 0 Å². The molecule has 1 aromatic heterocycles. The number of hydrogen-bond donors (Lipinski definition) is 2. The average Bonchev–Trinajstić information content (AvgIpc) is 2.93. The molecule has 1 fully saturated rings. The number of nitrogens with zero attached hydrogens (tertiary/aromatic N) is 2. The molecule has 8 heteroatoms. The van der Waals surface area contributed by atoms with Crippen LogP contribution in [0.1, 0.15) is 34.0 Å². The number of aromatic nitrogens is 1. The molecule has 0 saturated carbocycles. The standard InChI is InChI=1S/C30H32N4O4/c1-38-15-14-31-30(37)23-11-12-27(25(17-23)32-28(35)13-10-21-6-3-2-4-7-21)33-18-22-16-24(20-33)26-8-5-9-29(36)34(26)19-22/h2-13,17,22,24H,14-16,18-20H2,1H3,(H,31,37)(H,32,35)/b13-10+. The number of anilines is 2. The number of benzene rings is 2. The molecular weight excluding hydrogens is 480 g/mol. The van der Waals surface area contributed by atoms with Crippen molar-refractivity contribution < 1.29 is 14.3 Å². The van der Waals surface area contributed by atoms with E-state index in [1.807, 2.05) is 53.1 Å². The Morgan fingerprint density at radius 2 is 1.87 bits per heavy atom. The Balaban J connectivity index is 1.42. The lowest BCUT2D eigenvalue weighted by atomic mass is 9.83. The zero-order chi connectivity index (χ0) is 26.5. The number of piperidine rings is 1. The lowest BCUT2D eigenvalue weighted by molar-refractivity contribution is -0.111. The SMILES string of the molecule is COCCNC(=O)c1ccc(N2CC3CC(C2)c2cccc(=O)n2C3)c(NC(=O)/C=C/c2ccccc2)c1. The summed E-state index contributed by atoms with van der Waals surface area (Å²) in [5.41, 5.74) is 3.93. The van der Waals surface area contributed by atoms with Gasteiger partial charge < -0.3 is 24.8 Å². The number of amides is 2. The van der Waals surface area contributed by atoms with Crippen molar-refractivity contribution in [3.05, 3.63) is 100.0 Å². The molecule has 0 radical (unpaired) electrons. The van der Waals surface area contributed by atoms with E-state index < -0.39 is 0 Å². The number of ether oxygens (including phenoxy) is 1. The van der Waals surface area contributed by atoms with E-state index in [-0.39, 0.29) is 23.3 Å². The summed E-state index contributed by atoms with van der Waals surface area (Å²) in [5, 5.41) is 5.85. The molecule has 2 bridgehead atoms. The Morgan fingerprint density at radius 3 is 2.68 bits per heavy atom. The number of fused-ring (bicyclic) bond motifs is 4.